The molecule has 0 unspecified atom stereocenters. The van der Waals surface area contributed by atoms with Crippen molar-refractivity contribution in [2.75, 3.05) is 4.90 Å². The average Bonchev–Trinajstić information content (AvgIpc) is 2.79. The first-order valence-electron chi connectivity index (χ1n) is 7.92. The molecule has 0 atom stereocenters. The number of anilines is 1. The summed E-state index contributed by atoms with van der Waals surface area (Å²) in [7, 11) is 0. The SMILES string of the molecule is C=C1N(c2c(C(C)C)cccc2C(C)C)C=CN1C(C)C. The summed E-state index contributed by atoms with van der Waals surface area (Å²) in [5.41, 5.74) is 4.09. The summed E-state index contributed by atoms with van der Waals surface area (Å²) in [4.78, 5) is 4.48. The van der Waals surface area contributed by atoms with E-state index in [-0.39, 0.29) is 0 Å². The Balaban J connectivity index is 2.53. The lowest BCUT2D eigenvalue weighted by atomic mass is 9.92. The van der Waals surface area contributed by atoms with Crippen LogP contribution < -0.4 is 4.90 Å². The van der Waals surface area contributed by atoms with Crippen molar-refractivity contribution in [1.82, 2.24) is 4.90 Å². The standard InChI is InChI=1S/C19H28N2/c1-13(2)17-9-8-10-18(14(3)4)19(17)21-12-11-20(15(5)6)16(21)7/h8-15H,7H2,1-6H3. The van der Waals surface area contributed by atoms with Gasteiger partial charge in [-0.05, 0) is 36.8 Å². The Morgan fingerprint density at radius 3 is 1.76 bits per heavy atom. The molecule has 0 saturated carbocycles. The van der Waals surface area contributed by atoms with Gasteiger partial charge in [-0.2, -0.15) is 0 Å². The average molecular weight is 284 g/mol. The number of hydrogen-bond donors (Lipinski definition) is 0. The highest BCUT2D eigenvalue weighted by Crippen LogP contribution is 2.39. The molecule has 21 heavy (non-hydrogen) atoms. The minimum atomic E-state index is 0.424. The van der Waals surface area contributed by atoms with Crippen molar-refractivity contribution in [2.45, 2.75) is 59.4 Å². The van der Waals surface area contributed by atoms with Crippen LogP contribution in [0.3, 0.4) is 0 Å². The quantitative estimate of drug-likeness (QED) is 0.729. The van der Waals surface area contributed by atoms with E-state index in [0.717, 1.165) is 5.82 Å². The molecule has 1 aromatic carbocycles. The van der Waals surface area contributed by atoms with E-state index in [4.69, 9.17) is 0 Å². The highest BCUT2D eigenvalue weighted by molar-refractivity contribution is 5.67. The molecule has 2 heteroatoms. The van der Waals surface area contributed by atoms with Crippen LogP contribution in [0.4, 0.5) is 5.69 Å². The van der Waals surface area contributed by atoms with Gasteiger partial charge in [-0.1, -0.05) is 52.5 Å². The highest BCUT2D eigenvalue weighted by atomic mass is 15.4. The summed E-state index contributed by atoms with van der Waals surface area (Å²) >= 11 is 0. The van der Waals surface area contributed by atoms with Crippen molar-refractivity contribution in [1.29, 1.82) is 0 Å². The van der Waals surface area contributed by atoms with Crippen LogP contribution in [0.1, 0.15) is 64.5 Å². The molecular weight excluding hydrogens is 256 g/mol. The Bertz CT molecular complexity index is 526. The molecular formula is C19H28N2. The number of rotatable bonds is 4. The summed E-state index contributed by atoms with van der Waals surface area (Å²) in [6.07, 6.45) is 4.28. The van der Waals surface area contributed by atoms with Gasteiger partial charge in [0, 0.05) is 18.4 Å². The van der Waals surface area contributed by atoms with Crippen LogP contribution in [0.25, 0.3) is 0 Å². The topological polar surface area (TPSA) is 6.48 Å². The number of nitrogens with zero attached hydrogens (tertiary/aromatic N) is 2. The van der Waals surface area contributed by atoms with Gasteiger partial charge in [-0.25, -0.2) is 0 Å². The van der Waals surface area contributed by atoms with E-state index in [1.165, 1.54) is 16.8 Å². The fraction of sp³-hybridized carbons (Fsp3) is 0.474. The molecule has 1 aromatic rings. The fourth-order valence-corrected chi connectivity index (χ4v) is 2.90. The molecule has 0 saturated heterocycles. The zero-order valence-electron chi connectivity index (χ0n) is 14.2. The second-order valence-electron chi connectivity index (χ2n) is 6.68. The normalized spacial score (nSPS) is 15.2. The molecule has 0 aliphatic carbocycles. The van der Waals surface area contributed by atoms with Crippen molar-refractivity contribution in [2.24, 2.45) is 0 Å². The van der Waals surface area contributed by atoms with Gasteiger partial charge in [0.05, 0.1) is 5.69 Å². The van der Waals surface area contributed by atoms with Gasteiger partial charge in [-0.15, -0.1) is 0 Å². The fourth-order valence-electron chi connectivity index (χ4n) is 2.90. The maximum absolute atomic E-state index is 4.30. The van der Waals surface area contributed by atoms with Crippen LogP contribution in [0, 0.1) is 0 Å². The van der Waals surface area contributed by atoms with E-state index in [2.05, 4.69) is 88.5 Å². The Kier molecular flexibility index (Phi) is 4.46. The highest BCUT2D eigenvalue weighted by Gasteiger charge is 2.26. The molecule has 2 rings (SSSR count). The predicted molar refractivity (Wildman–Crippen MR) is 92.4 cm³/mol. The third-order valence-corrected chi connectivity index (χ3v) is 4.09. The molecule has 0 radical (unpaired) electrons. The van der Waals surface area contributed by atoms with Gasteiger partial charge in [0.25, 0.3) is 0 Å². The molecule has 1 heterocycles. The molecule has 114 valence electrons. The monoisotopic (exact) mass is 284 g/mol. The van der Waals surface area contributed by atoms with E-state index in [9.17, 15) is 0 Å². The van der Waals surface area contributed by atoms with E-state index < -0.39 is 0 Å². The van der Waals surface area contributed by atoms with Crippen LogP contribution in [0.2, 0.25) is 0 Å². The summed E-state index contributed by atoms with van der Waals surface area (Å²) in [6, 6.07) is 7.08. The first kappa shape index (κ1) is 15.7. The van der Waals surface area contributed by atoms with Crippen molar-refractivity contribution >= 4 is 5.69 Å². The molecule has 0 aromatic heterocycles. The maximum Gasteiger partial charge on any atom is 0.110 e. The van der Waals surface area contributed by atoms with E-state index in [1.807, 2.05) is 0 Å². The third kappa shape index (κ3) is 2.85. The smallest absolute Gasteiger partial charge is 0.110 e. The van der Waals surface area contributed by atoms with Gasteiger partial charge in [0.2, 0.25) is 0 Å². The van der Waals surface area contributed by atoms with E-state index in [1.54, 1.807) is 0 Å². The van der Waals surface area contributed by atoms with Crippen LogP contribution in [0.5, 0.6) is 0 Å². The minimum Gasteiger partial charge on any atom is -0.331 e. The third-order valence-electron chi connectivity index (χ3n) is 4.09. The first-order chi connectivity index (χ1) is 9.84. The summed E-state index contributed by atoms with van der Waals surface area (Å²) in [5, 5.41) is 0. The molecule has 0 spiro atoms. The molecule has 2 nitrogen and oxygen atoms in total. The molecule has 1 aliphatic rings. The van der Waals surface area contributed by atoms with Gasteiger partial charge in [0.1, 0.15) is 5.82 Å². The van der Waals surface area contributed by atoms with Gasteiger partial charge in [-0.3, -0.25) is 0 Å². The van der Waals surface area contributed by atoms with Crippen molar-refractivity contribution in [3.05, 3.63) is 54.1 Å². The second-order valence-corrected chi connectivity index (χ2v) is 6.68. The maximum atomic E-state index is 4.30. The number of hydrogen-bond acceptors (Lipinski definition) is 2. The molecule has 0 bridgehead atoms. The molecule has 0 N–H and O–H groups in total. The van der Waals surface area contributed by atoms with E-state index in [0.29, 0.717) is 17.9 Å². The summed E-state index contributed by atoms with van der Waals surface area (Å²) < 4.78 is 0. The van der Waals surface area contributed by atoms with Crippen LogP contribution >= 0.6 is 0 Å². The van der Waals surface area contributed by atoms with Gasteiger partial charge < -0.3 is 9.80 Å². The Labute approximate surface area is 129 Å². The van der Waals surface area contributed by atoms with Crippen molar-refractivity contribution in [3.8, 4) is 0 Å². The first-order valence-corrected chi connectivity index (χ1v) is 7.92. The molecule has 0 fully saturated rings. The van der Waals surface area contributed by atoms with Gasteiger partial charge >= 0.3 is 0 Å². The van der Waals surface area contributed by atoms with Crippen LogP contribution in [-0.4, -0.2) is 10.9 Å². The second kappa shape index (κ2) is 5.97. The van der Waals surface area contributed by atoms with Gasteiger partial charge in [0.15, 0.2) is 0 Å². The van der Waals surface area contributed by atoms with E-state index >= 15 is 0 Å². The Hall–Kier alpha value is -1.70. The summed E-state index contributed by atoms with van der Waals surface area (Å²) in [6.45, 7) is 17.7. The number of para-hydroxylation sites is 1. The molecule has 0 amide bonds. The molecule has 1 aliphatic heterocycles. The zero-order valence-corrected chi connectivity index (χ0v) is 14.2. The minimum absolute atomic E-state index is 0.424. The predicted octanol–water partition coefficient (Wildman–Crippen LogP) is 5.41. The number of benzene rings is 1. The zero-order chi connectivity index (χ0) is 15.7. The lowest BCUT2D eigenvalue weighted by molar-refractivity contribution is 0.395. The summed E-state index contributed by atoms with van der Waals surface area (Å²) in [5.74, 6) is 2.03. The Morgan fingerprint density at radius 1 is 0.857 bits per heavy atom. The van der Waals surface area contributed by atoms with Crippen molar-refractivity contribution < 1.29 is 0 Å². The van der Waals surface area contributed by atoms with Crippen molar-refractivity contribution in [3.63, 3.8) is 0 Å². The lowest BCUT2D eigenvalue weighted by Crippen LogP contribution is -2.28. The van der Waals surface area contributed by atoms with Crippen LogP contribution in [-0.2, 0) is 0 Å². The Morgan fingerprint density at radius 2 is 1.38 bits per heavy atom. The van der Waals surface area contributed by atoms with Crippen LogP contribution in [0.15, 0.2) is 43.0 Å². The lowest BCUT2D eigenvalue weighted by Gasteiger charge is -2.31. The largest absolute Gasteiger partial charge is 0.331 e.